The highest BCUT2D eigenvalue weighted by atomic mass is 16.5. The fourth-order valence-electron chi connectivity index (χ4n) is 4.66. The summed E-state index contributed by atoms with van der Waals surface area (Å²) in [4.78, 5) is 19.9. The van der Waals surface area contributed by atoms with Crippen LogP contribution in [0.2, 0.25) is 0 Å². The Labute approximate surface area is 190 Å². The summed E-state index contributed by atoms with van der Waals surface area (Å²) in [5.41, 5.74) is 4.48. The molecular formula is C26H34N4O2. The van der Waals surface area contributed by atoms with Gasteiger partial charge < -0.3 is 14.6 Å². The molecule has 1 atom stereocenters. The van der Waals surface area contributed by atoms with Crippen molar-refractivity contribution >= 4 is 16.9 Å². The molecule has 1 aromatic heterocycles. The van der Waals surface area contributed by atoms with Crippen molar-refractivity contribution in [3.05, 3.63) is 66.0 Å². The maximum Gasteiger partial charge on any atom is 0.237 e. The molecule has 0 radical (unpaired) electrons. The van der Waals surface area contributed by atoms with Gasteiger partial charge >= 0.3 is 0 Å². The summed E-state index contributed by atoms with van der Waals surface area (Å²) >= 11 is 0. The number of morpholine rings is 1. The molecule has 0 aliphatic carbocycles. The molecule has 32 heavy (non-hydrogen) atoms. The van der Waals surface area contributed by atoms with E-state index in [0.29, 0.717) is 25.7 Å². The topological polar surface area (TPSA) is 59.4 Å². The first-order chi connectivity index (χ1) is 15.7. The Morgan fingerprint density at radius 2 is 1.72 bits per heavy atom. The maximum absolute atomic E-state index is 13.2. The molecule has 0 unspecified atom stereocenters. The van der Waals surface area contributed by atoms with E-state index >= 15 is 0 Å². The highest BCUT2D eigenvalue weighted by molar-refractivity contribution is 5.82. The summed E-state index contributed by atoms with van der Waals surface area (Å²) < 4.78 is 7.66. The molecule has 1 saturated heterocycles. The number of rotatable bonds is 9. The summed E-state index contributed by atoms with van der Waals surface area (Å²) in [5, 5.41) is 3.20. The molecule has 2 heterocycles. The number of hydrogen-bond donors (Lipinski definition) is 1. The molecule has 1 N–H and O–H groups in total. The Kier molecular flexibility index (Phi) is 7.55. The van der Waals surface area contributed by atoms with Crippen LogP contribution >= 0.6 is 0 Å². The summed E-state index contributed by atoms with van der Waals surface area (Å²) in [7, 11) is 0. The average Bonchev–Trinajstić information content (AvgIpc) is 3.25. The number of nitrogens with zero attached hydrogens (tertiary/aromatic N) is 3. The monoisotopic (exact) mass is 434 g/mol. The molecule has 1 amide bonds. The lowest BCUT2D eigenvalue weighted by Crippen LogP contribution is -2.54. The average molecular weight is 435 g/mol. The van der Waals surface area contributed by atoms with Gasteiger partial charge in [-0.1, -0.05) is 63.1 Å². The predicted molar refractivity (Wildman–Crippen MR) is 127 cm³/mol. The number of amides is 1. The highest BCUT2D eigenvalue weighted by Crippen LogP contribution is 2.21. The van der Waals surface area contributed by atoms with Crippen molar-refractivity contribution in [2.24, 2.45) is 5.92 Å². The number of carbonyl (C=O) groups excluding carboxylic acids is 1. The van der Waals surface area contributed by atoms with Crippen LogP contribution in [0, 0.1) is 5.92 Å². The van der Waals surface area contributed by atoms with Gasteiger partial charge in [-0.2, -0.15) is 0 Å². The maximum atomic E-state index is 13.2. The molecule has 170 valence electrons. The van der Waals surface area contributed by atoms with E-state index in [1.165, 1.54) is 5.56 Å². The third-order valence-corrected chi connectivity index (χ3v) is 6.57. The Bertz CT molecular complexity index is 1000. The van der Waals surface area contributed by atoms with E-state index in [9.17, 15) is 4.79 Å². The van der Waals surface area contributed by atoms with Crippen molar-refractivity contribution in [2.45, 2.75) is 45.8 Å². The fourth-order valence-corrected chi connectivity index (χ4v) is 4.66. The molecule has 1 fully saturated rings. The van der Waals surface area contributed by atoms with Gasteiger partial charge in [-0.05, 0) is 29.2 Å². The van der Waals surface area contributed by atoms with Crippen molar-refractivity contribution in [3.8, 4) is 0 Å². The van der Waals surface area contributed by atoms with Crippen LogP contribution < -0.4 is 5.32 Å². The predicted octanol–water partition coefficient (Wildman–Crippen LogP) is 3.84. The zero-order valence-electron chi connectivity index (χ0n) is 19.2. The minimum absolute atomic E-state index is 0.0808. The van der Waals surface area contributed by atoms with Crippen LogP contribution in [0.4, 0.5) is 0 Å². The molecule has 0 spiro atoms. The lowest BCUT2D eigenvalue weighted by atomic mass is 9.91. The van der Waals surface area contributed by atoms with Crippen molar-refractivity contribution < 1.29 is 9.53 Å². The second-order valence-electron chi connectivity index (χ2n) is 8.57. The van der Waals surface area contributed by atoms with Gasteiger partial charge in [0.15, 0.2) is 0 Å². The smallest absolute Gasteiger partial charge is 0.237 e. The number of nitrogens with one attached hydrogen (secondary N) is 1. The lowest BCUT2D eigenvalue weighted by molar-refractivity contribution is -0.131. The van der Waals surface area contributed by atoms with Gasteiger partial charge in [0.25, 0.3) is 0 Å². The van der Waals surface area contributed by atoms with Crippen LogP contribution in [-0.4, -0.2) is 52.7 Å². The van der Waals surface area contributed by atoms with Crippen molar-refractivity contribution in [1.29, 1.82) is 0 Å². The number of fused-ring (bicyclic) bond motifs is 1. The zero-order chi connectivity index (χ0) is 22.3. The van der Waals surface area contributed by atoms with E-state index in [1.807, 2.05) is 24.5 Å². The summed E-state index contributed by atoms with van der Waals surface area (Å²) in [5.74, 6) is 0.495. The minimum atomic E-state index is -0.0808. The number of para-hydroxylation sites is 2. The van der Waals surface area contributed by atoms with E-state index in [2.05, 4.69) is 63.9 Å². The standard InChI is InChI=1S/C26H34N4O2/c1-3-22(4-2)25(29-13-15-32-16-14-29)26(31)27-17-20-9-11-21(12-10-20)18-30-19-28-23-7-5-6-8-24(23)30/h5-12,19,22,25H,3-4,13-18H2,1-2H3,(H,27,31)/t25-/m1/s1. The van der Waals surface area contributed by atoms with E-state index in [-0.39, 0.29) is 11.9 Å². The molecule has 6 heteroatoms. The lowest BCUT2D eigenvalue weighted by Gasteiger charge is -2.37. The Morgan fingerprint density at radius 3 is 2.44 bits per heavy atom. The number of imidazole rings is 1. The first-order valence-electron chi connectivity index (χ1n) is 11.8. The molecule has 1 aliphatic rings. The Morgan fingerprint density at radius 1 is 1.03 bits per heavy atom. The number of aromatic nitrogens is 2. The van der Waals surface area contributed by atoms with Crippen LogP contribution in [0.5, 0.6) is 0 Å². The van der Waals surface area contributed by atoms with E-state index in [0.717, 1.165) is 49.1 Å². The van der Waals surface area contributed by atoms with Gasteiger partial charge in [-0.25, -0.2) is 4.98 Å². The zero-order valence-corrected chi connectivity index (χ0v) is 19.2. The normalized spacial score (nSPS) is 15.8. The van der Waals surface area contributed by atoms with E-state index in [4.69, 9.17) is 4.74 Å². The van der Waals surface area contributed by atoms with E-state index < -0.39 is 0 Å². The second-order valence-corrected chi connectivity index (χ2v) is 8.57. The van der Waals surface area contributed by atoms with Crippen molar-refractivity contribution in [2.75, 3.05) is 26.3 Å². The summed E-state index contributed by atoms with van der Waals surface area (Å²) in [6.07, 6.45) is 3.90. The van der Waals surface area contributed by atoms with Gasteiger partial charge in [-0.15, -0.1) is 0 Å². The molecule has 0 bridgehead atoms. The highest BCUT2D eigenvalue weighted by Gasteiger charge is 2.32. The molecule has 2 aromatic carbocycles. The number of benzene rings is 2. The Balaban J connectivity index is 1.37. The molecule has 3 aromatic rings. The second kappa shape index (κ2) is 10.7. The Hall–Kier alpha value is -2.70. The van der Waals surface area contributed by atoms with Gasteiger partial charge in [0.2, 0.25) is 5.91 Å². The SMILES string of the molecule is CCC(CC)[C@H](C(=O)NCc1ccc(Cn2cnc3ccccc32)cc1)N1CCOCC1. The largest absolute Gasteiger partial charge is 0.379 e. The van der Waals surface area contributed by atoms with E-state index in [1.54, 1.807) is 0 Å². The minimum Gasteiger partial charge on any atom is -0.379 e. The number of ether oxygens (including phenoxy) is 1. The van der Waals surface area contributed by atoms with Crippen LogP contribution in [0.25, 0.3) is 11.0 Å². The molecule has 4 rings (SSSR count). The van der Waals surface area contributed by atoms with Crippen LogP contribution in [0.15, 0.2) is 54.9 Å². The first-order valence-corrected chi connectivity index (χ1v) is 11.8. The van der Waals surface area contributed by atoms with Crippen molar-refractivity contribution in [3.63, 3.8) is 0 Å². The number of hydrogen-bond acceptors (Lipinski definition) is 4. The van der Waals surface area contributed by atoms with Crippen LogP contribution in [0.3, 0.4) is 0 Å². The summed E-state index contributed by atoms with van der Waals surface area (Å²) in [6, 6.07) is 16.6. The molecule has 0 saturated carbocycles. The van der Waals surface area contributed by atoms with Crippen LogP contribution in [0.1, 0.15) is 37.8 Å². The van der Waals surface area contributed by atoms with Crippen LogP contribution in [-0.2, 0) is 22.6 Å². The van der Waals surface area contributed by atoms with Gasteiger partial charge in [0.1, 0.15) is 0 Å². The third kappa shape index (κ3) is 5.19. The van der Waals surface area contributed by atoms with Gasteiger partial charge in [0, 0.05) is 26.2 Å². The third-order valence-electron chi connectivity index (χ3n) is 6.57. The first kappa shape index (κ1) is 22.5. The summed E-state index contributed by atoms with van der Waals surface area (Å²) in [6.45, 7) is 8.75. The van der Waals surface area contributed by atoms with Gasteiger partial charge in [-0.3, -0.25) is 9.69 Å². The van der Waals surface area contributed by atoms with Crippen molar-refractivity contribution in [1.82, 2.24) is 19.8 Å². The molecular weight excluding hydrogens is 400 g/mol. The molecule has 6 nitrogen and oxygen atoms in total. The number of carbonyl (C=O) groups is 1. The quantitative estimate of drug-likeness (QED) is 0.556. The molecule has 1 aliphatic heterocycles. The fraction of sp³-hybridized carbons (Fsp3) is 0.462. The van der Waals surface area contributed by atoms with Gasteiger partial charge in [0.05, 0.1) is 36.6 Å².